The molecule has 4 nitrogen and oxygen atoms in total. The summed E-state index contributed by atoms with van der Waals surface area (Å²) in [5.74, 6) is 1.13. The molecule has 0 bridgehead atoms. The van der Waals surface area contributed by atoms with Crippen LogP contribution in [0.3, 0.4) is 0 Å². The van der Waals surface area contributed by atoms with Gasteiger partial charge in [-0.3, -0.25) is 9.80 Å². The molecule has 0 aliphatic carbocycles. The topological polar surface area (TPSA) is 31.7 Å². The maximum absolute atomic E-state index is 5.68. The Balaban J connectivity index is 1.87. The third-order valence-electron chi connectivity index (χ3n) is 4.35. The fourth-order valence-corrected chi connectivity index (χ4v) is 3.12. The molecule has 1 unspecified atom stereocenters. The van der Waals surface area contributed by atoms with Crippen molar-refractivity contribution in [2.45, 2.75) is 46.3 Å². The SMILES string of the molecule is CCNCc1ccoc1CN1CCC(N(CC)CC)C1. The Morgan fingerprint density at radius 3 is 2.85 bits per heavy atom. The molecular formula is C16H29N3O. The molecule has 1 aliphatic heterocycles. The average molecular weight is 279 g/mol. The van der Waals surface area contributed by atoms with E-state index in [1.807, 2.05) is 6.26 Å². The molecule has 1 fully saturated rings. The predicted molar refractivity (Wildman–Crippen MR) is 82.7 cm³/mol. The predicted octanol–water partition coefficient (Wildman–Crippen LogP) is 2.31. The molecule has 4 heteroatoms. The van der Waals surface area contributed by atoms with Crippen LogP contribution in [0.15, 0.2) is 16.7 Å². The van der Waals surface area contributed by atoms with Crippen molar-refractivity contribution >= 4 is 0 Å². The molecule has 0 saturated carbocycles. The van der Waals surface area contributed by atoms with E-state index in [1.54, 1.807) is 0 Å². The summed E-state index contributed by atoms with van der Waals surface area (Å²) in [5.41, 5.74) is 1.30. The van der Waals surface area contributed by atoms with Crippen LogP contribution in [0.1, 0.15) is 38.5 Å². The van der Waals surface area contributed by atoms with Gasteiger partial charge in [-0.15, -0.1) is 0 Å². The van der Waals surface area contributed by atoms with E-state index < -0.39 is 0 Å². The largest absolute Gasteiger partial charge is 0.468 e. The molecule has 2 rings (SSSR count). The smallest absolute Gasteiger partial charge is 0.122 e. The van der Waals surface area contributed by atoms with E-state index in [2.05, 4.69) is 42.0 Å². The highest BCUT2D eigenvalue weighted by atomic mass is 16.3. The van der Waals surface area contributed by atoms with Crippen molar-refractivity contribution in [2.24, 2.45) is 0 Å². The van der Waals surface area contributed by atoms with Crippen molar-refractivity contribution in [2.75, 3.05) is 32.7 Å². The summed E-state index contributed by atoms with van der Waals surface area (Å²) in [6.45, 7) is 14.2. The van der Waals surface area contributed by atoms with Gasteiger partial charge in [0.25, 0.3) is 0 Å². The summed E-state index contributed by atoms with van der Waals surface area (Å²) in [4.78, 5) is 5.10. The van der Waals surface area contributed by atoms with Crippen LogP contribution in [0.2, 0.25) is 0 Å². The Morgan fingerprint density at radius 2 is 2.15 bits per heavy atom. The standard InChI is InChI=1S/C16H29N3O/c1-4-17-11-14-8-10-20-16(14)13-18-9-7-15(12-18)19(5-2)6-3/h8,10,15,17H,4-7,9,11-13H2,1-3H3. The maximum atomic E-state index is 5.68. The minimum atomic E-state index is 0.720. The van der Waals surface area contributed by atoms with Gasteiger partial charge in [0, 0.05) is 31.2 Å². The number of nitrogens with zero attached hydrogens (tertiary/aromatic N) is 2. The lowest BCUT2D eigenvalue weighted by atomic mass is 10.2. The van der Waals surface area contributed by atoms with Gasteiger partial charge in [-0.1, -0.05) is 20.8 Å². The molecule has 0 radical (unpaired) electrons. The van der Waals surface area contributed by atoms with Crippen LogP contribution < -0.4 is 5.32 Å². The summed E-state index contributed by atoms with van der Waals surface area (Å²) in [7, 11) is 0. The fraction of sp³-hybridized carbons (Fsp3) is 0.750. The minimum absolute atomic E-state index is 0.720. The Morgan fingerprint density at radius 1 is 1.35 bits per heavy atom. The molecule has 1 aromatic rings. The summed E-state index contributed by atoms with van der Waals surface area (Å²) in [5, 5.41) is 3.37. The second-order valence-electron chi connectivity index (χ2n) is 5.55. The second-order valence-corrected chi connectivity index (χ2v) is 5.55. The van der Waals surface area contributed by atoms with Gasteiger partial charge in [-0.25, -0.2) is 0 Å². The van der Waals surface area contributed by atoms with Gasteiger partial charge in [0.15, 0.2) is 0 Å². The van der Waals surface area contributed by atoms with Crippen molar-refractivity contribution in [1.29, 1.82) is 0 Å². The molecular weight excluding hydrogens is 250 g/mol. The first-order valence-corrected chi connectivity index (χ1v) is 8.00. The van der Waals surface area contributed by atoms with Crippen LogP contribution in [0.4, 0.5) is 0 Å². The zero-order valence-corrected chi connectivity index (χ0v) is 13.2. The number of hydrogen-bond acceptors (Lipinski definition) is 4. The lowest BCUT2D eigenvalue weighted by Gasteiger charge is -2.26. The molecule has 20 heavy (non-hydrogen) atoms. The first kappa shape index (κ1) is 15.5. The Kier molecular flexibility index (Phi) is 6.07. The molecule has 1 saturated heterocycles. The molecule has 1 aliphatic rings. The van der Waals surface area contributed by atoms with Crippen LogP contribution in [0.5, 0.6) is 0 Å². The van der Waals surface area contributed by atoms with Gasteiger partial charge in [-0.2, -0.15) is 0 Å². The zero-order valence-electron chi connectivity index (χ0n) is 13.2. The lowest BCUT2D eigenvalue weighted by Crippen LogP contribution is -2.37. The van der Waals surface area contributed by atoms with Crippen LogP contribution in [0, 0.1) is 0 Å². The van der Waals surface area contributed by atoms with Gasteiger partial charge in [-0.05, 0) is 32.1 Å². The number of likely N-dealkylation sites (N-methyl/N-ethyl adjacent to an activating group) is 1. The average Bonchev–Trinajstić information content (AvgIpc) is 3.08. The van der Waals surface area contributed by atoms with Crippen molar-refractivity contribution in [3.63, 3.8) is 0 Å². The molecule has 2 heterocycles. The van der Waals surface area contributed by atoms with Crippen molar-refractivity contribution in [3.05, 3.63) is 23.7 Å². The van der Waals surface area contributed by atoms with Crippen molar-refractivity contribution in [1.82, 2.24) is 15.1 Å². The second kappa shape index (κ2) is 7.81. The maximum Gasteiger partial charge on any atom is 0.122 e. The Labute approximate surface area is 123 Å². The van der Waals surface area contributed by atoms with Gasteiger partial charge in [0.05, 0.1) is 12.8 Å². The summed E-state index contributed by atoms with van der Waals surface area (Å²) < 4.78 is 5.68. The molecule has 1 N–H and O–H groups in total. The monoisotopic (exact) mass is 279 g/mol. The van der Waals surface area contributed by atoms with E-state index in [9.17, 15) is 0 Å². The van der Waals surface area contributed by atoms with Crippen molar-refractivity contribution < 1.29 is 4.42 Å². The minimum Gasteiger partial charge on any atom is -0.468 e. The molecule has 114 valence electrons. The van der Waals surface area contributed by atoms with E-state index in [1.165, 1.54) is 25.1 Å². The van der Waals surface area contributed by atoms with Crippen LogP contribution in [0.25, 0.3) is 0 Å². The van der Waals surface area contributed by atoms with E-state index in [0.29, 0.717) is 0 Å². The number of nitrogens with one attached hydrogen (secondary N) is 1. The third-order valence-corrected chi connectivity index (χ3v) is 4.35. The number of likely N-dealkylation sites (tertiary alicyclic amines) is 1. The van der Waals surface area contributed by atoms with E-state index in [0.717, 1.165) is 44.5 Å². The van der Waals surface area contributed by atoms with Crippen LogP contribution >= 0.6 is 0 Å². The summed E-state index contributed by atoms with van der Waals surface area (Å²) in [6, 6.07) is 2.81. The number of furan rings is 1. The highest BCUT2D eigenvalue weighted by Gasteiger charge is 2.26. The third kappa shape index (κ3) is 3.84. The molecule has 0 spiro atoms. The normalized spacial score (nSPS) is 20.1. The molecule has 0 amide bonds. The highest BCUT2D eigenvalue weighted by molar-refractivity contribution is 5.17. The van der Waals surface area contributed by atoms with Gasteiger partial charge in [0.2, 0.25) is 0 Å². The number of hydrogen-bond donors (Lipinski definition) is 1. The number of rotatable bonds is 8. The fourth-order valence-electron chi connectivity index (χ4n) is 3.12. The molecule has 1 aromatic heterocycles. The Hall–Kier alpha value is -0.840. The van der Waals surface area contributed by atoms with Crippen LogP contribution in [-0.2, 0) is 13.1 Å². The lowest BCUT2D eigenvalue weighted by molar-refractivity contribution is 0.204. The van der Waals surface area contributed by atoms with E-state index in [-0.39, 0.29) is 0 Å². The van der Waals surface area contributed by atoms with Gasteiger partial charge in [0.1, 0.15) is 5.76 Å². The quantitative estimate of drug-likeness (QED) is 0.791. The molecule has 1 atom stereocenters. The first-order valence-electron chi connectivity index (χ1n) is 8.00. The van der Waals surface area contributed by atoms with Crippen molar-refractivity contribution in [3.8, 4) is 0 Å². The summed E-state index contributed by atoms with van der Waals surface area (Å²) in [6.07, 6.45) is 3.10. The van der Waals surface area contributed by atoms with Crippen LogP contribution in [-0.4, -0.2) is 48.6 Å². The van der Waals surface area contributed by atoms with E-state index >= 15 is 0 Å². The van der Waals surface area contributed by atoms with Gasteiger partial charge >= 0.3 is 0 Å². The first-order chi connectivity index (χ1) is 9.78. The zero-order chi connectivity index (χ0) is 14.4. The summed E-state index contributed by atoms with van der Waals surface area (Å²) >= 11 is 0. The molecule has 0 aromatic carbocycles. The van der Waals surface area contributed by atoms with Gasteiger partial charge < -0.3 is 9.73 Å². The van der Waals surface area contributed by atoms with E-state index in [4.69, 9.17) is 4.42 Å². The highest BCUT2D eigenvalue weighted by Crippen LogP contribution is 2.20. The Bertz CT molecular complexity index is 387.